The number of hydrogen-bond acceptors (Lipinski definition) is 4. The van der Waals surface area contributed by atoms with E-state index >= 15 is 0 Å². The van der Waals surface area contributed by atoms with Crippen molar-refractivity contribution in [3.05, 3.63) is 38.9 Å². The van der Waals surface area contributed by atoms with Crippen LogP contribution in [0.4, 0.5) is 5.69 Å². The van der Waals surface area contributed by atoms with Crippen LogP contribution in [-0.2, 0) is 11.3 Å². The molecule has 1 atom stereocenters. The molecule has 1 aromatic carbocycles. The van der Waals surface area contributed by atoms with E-state index in [1.54, 1.807) is 19.2 Å². The van der Waals surface area contributed by atoms with Gasteiger partial charge in [-0.05, 0) is 17.5 Å². The number of rotatable bonds is 7. The fourth-order valence-corrected chi connectivity index (χ4v) is 1.91. The number of hydrogen-bond donors (Lipinski definition) is 1. The summed E-state index contributed by atoms with van der Waals surface area (Å²) >= 11 is 5.77. The van der Waals surface area contributed by atoms with Crippen LogP contribution in [0.2, 0.25) is 5.02 Å². The van der Waals surface area contributed by atoms with Gasteiger partial charge in [-0.15, -0.1) is 0 Å². The average Bonchev–Trinajstić information content (AvgIpc) is 2.35. The van der Waals surface area contributed by atoms with E-state index in [2.05, 4.69) is 19.2 Å². The summed E-state index contributed by atoms with van der Waals surface area (Å²) in [5, 5.41) is 14.3. The van der Waals surface area contributed by atoms with E-state index in [1.807, 2.05) is 0 Å². The molecule has 1 N–H and O–H groups in total. The number of ether oxygens (including phenoxy) is 1. The molecule has 0 bridgehead atoms. The zero-order valence-corrected chi connectivity index (χ0v) is 12.1. The molecule has 0 heterocycles. The largest absolute Gasteiger partial charge is 0.383 e. The monoisotopic (exact) mass is 286 g/mol. The molecule has 0 saturated carbocycles. The van der Waals surface area contributed by atoms with Gasteiger partial charge in [0.15, 0.2) is 0 Å². The van der Waals surface area contributed by atoms with Crippen LogP contribution in [-0.4, -0.2) is 24.7 Å². The molecule has 0 amide bonds. The number of nitro groups is 1. The first kappa shape index (κ1) is 15.9. The van der Waals surface area contributed by atoms with E-state index < -0.39 is 4.92 Å². The van der Waals surface area contributed by atoms with Gasteiger partial charge in [-0.3, -0.25) is 10.1 Å². The summed E-state index contributed by atoms with van der Waals surface area (Å²) in [6.07, 6.45) is 0. The highest BCUT2D eigenvalue weighted by Gasteiger charge is 2.15. The molecule has 0 aromatic heterocycles. The Kier molecular flexibility index (Phi) is 6.21. The normalized spacial score (nSPS) is 12.7. The summed E-state index contributed by atoms with van der Waals surface area (Å²) in [6, 6.07) is 5.04. The van der Waals surface area contributed by atoms with Gasteiger partial charge in [-0.25, -0.2) is 0 Å². The van der Waals surface area contributed by atoms with Gasteiger partial charge in [0, 0.05) is 25.8 Å². The molecule has 0 aliphatic heterocycles. The van der Waals surface area contributed by atoms with Crippen molar-refractivity contribution in [1.82, 2.24) is 5.32 Å². The lowest BCUT2D eigenvalue weighted by molar-refractivity contribution is -0.384. The SMILES string of the molecule is COCC(NCc1ccc(Cl)c([N+](=O)[O-])c1)C(C)C. The number of halogens is 1. The van der Waals surface area contributed by atoms with E-state index in [-0.39, 0.29) is 16.8 Å². The highest BCUT2D eigenvalue weighted by molar-refractivity contribution is 6.32. The Balaban J connectivity index is 2.72. The third kappa shape index (κ3) is 4.78. The fraction of sp³-hybridized carbons (Fsp3) is 0.538. The maximum absolute atomic E-state index is 10.8. The molecule has 6 heteroatoms. The van der Waals surface area contributed by atoms with Crippen LogP contribution < -0.4 is 5.32 Å². The van der Waals surface area contributed by atoms with Crippen molar-refractivity contribution in [2.45, 2.75) is 26.4 Å². The molecule has 0 aliphatic rings. The summed E-state index contributed by atoms with van der Waals surface area (Å²) in [6.45, 7) is 5.35. The smallest absolute Gasteiger partial charge is 0.288 e. The summed E-state index contributed by atoms with van der Waals surface area (Å²) in [7, 11) is 1.66. The van der Waals surface area contributed by atoms with Gasteiger partial charge in [-0.1, -0.05) is 31.5 Å². The number of nitrogens with one attached hydrogen (secondary N) is 1. The van der Waals surface area contributed by atoms with E-state index in [4.69, 9.17) is 16.3 Å². The lowest BCUT2D eigenvalue weighted by atomic mass is 10.0. The first-order valence-electron chi connectivity index (χ1n) is 6.10. The quantitative estimate of drug-likeness (QED) is 0.618. The topological polar surface area (TPSA) is 64.4 Å². The summed E-state index contributed by atoms with van der Waals surface area (Å²) in [4.78, 5) is 10.3. The van der Waals surface area contributed by atoms with Crippen molar-refractivity contribution in [1.29, 1.82) is 0 Å². The van der Waals surface area contributed by atoms with Crippen molar-refractivity contribution in [3.63, 3.8) is 0 Å². The van der Waals surface area contributed by atoms with E-state index in [0.717, 1.165) is 5.56 Å². The third-order valence-corrected chi connectivity index (χ3v) is 3.25. The van der Waals surface area contributed by atoms with Crippen LogP contribution in [0.5, 0.6) is 0 Å². The minimum Gasteiger partial charge on any atom is -0.383 e. The Labute approximate surface area is 118 Å². The van der Waals surface area contributed by atoms with Crippen LogP contribution in [0, 0.1) is 16.0 Å². The lowest BCUT2D eigenvalue weighted by Crippen LogP contribution is -2.37. The number of benzene rings is 1. The zero-order valence-electron chi connectivity index (χ0n) is 11.4. The Bertz CT molecular complexity index is 438. The second kappa shape index (κ2) is 7.43. The van der Waals surface area contributed by atoms with Gasteiger partial charge in [0.05, 0.1) is 11.5 Å². The maximum atomic E-state index is 10.8. The first-order chi connectivity index (χ1) is 8.95. The molecule has 0 spiro atoms. The third-order valence-electron chi connectivity index (χ3n) is 2.93. The van der Waals surface area contributed by atoms with Crippen LogP contribution in [0.3, 0.4) is 0 Å². The Hall–Kier alpha value is -1.17. The highest BCUT2D eigenvalue weighted by atomic mass is 35.5. The van der Waals surface area contributed by atoms with Gasteiger partial charge >= 0.3 is 0 Å². The van der Waals surface area contributed by atoms with Crippen molar-refractivity contribution in [3.8, 4) is 0 Å². The highest BCUT2D eigenvalue weighted by Crippen LogP contribution is 2.25. The average molecular weight is 287 g/mol. The van der Waals surface area contributed by atoms with Crippen molar-refractivity contribution in [2.75, 3.05) is 13.7 Å². The van der Waals surface area contributed by atoms with Gasteiger partial charge < -0.3 is 10.1 Å². The standard InChI is InChI=1S/C13H19ClN2O3/c1-9(2)12(8-19-3)15-7-10-4-5-11(14)13(6-10)16(17)18/h4-6,9,12,15H,7-8H2,1-3H3. The predicted octanol–water partition coefficient (Wildman–Crippen LogP) is 3.01. The van der Waals surface area contributed by atoms with Crippen molar-refractivity contribution in [2.24, 2.45) is 5.92 Å². The zero-order chi connectivity index (χ0) is 14.4. The van der Waals surface area contributed by atoms with Crippen LogP contribution >= 0.6 is 11.6 Å². The molecule has 19 heavy (non-hydrogen) atoms. The van der Waals surface area contributed by atoms with Crippen molar-refractivity contribution < 1.29 is 9.66 Å². The Morgan fingerprint density at radius 1 is 1.47 bits per heavy atom. The second-order valence-electron chi connectivity index (χ2n) is 4.73. The molecule has 106 valence electrons. The molecule has 5 nitrogen and oxygen atoms in total. The van der Waals surface area contributed by atoms with Gasteiger partial charge in [-0.2, -0.15) is 0 Å². The molecule has 0 aliphatic carbocycles. The van der Waals surface area contributed by atoms with Gasteiger partial charge in [0.2, 0.25) is 0 Å². The molecule has 0 fully saturated rings. The minimum absolute atomic E-state index is 0.0613. The molecular weight excluding hydrogens is 268 g/mol. The minimum atomic E-state index is -0.471. The Morgan fingerprint density at radius 3 is 2.68 bits per heavy atom. The molecule has 0 saturated heterocycles. The molecular formula is C13H19ClN2O3. The van der Waals surface area contributed by atoms with Gasteiger partial charge in [0.1, 0.15) is 5.02 Å². The number of nitrogens with zero attached hydrogens (tertiary/aromatic N) is 1. The fourth-order valence-electron chi connectivity index (χ4n) is 1.72. The molecule has 1 unspecified atom stereocenters. The number of methoxy groups -OCH3 is 1. The molecule has 1 rings (SSSR count). The Morgan fingerprint density at radius 2 is 2.16 bits per heavy atom. The van der Waals surface area contributed by atoms with Crippen LogP contribution in [0.1, 0.15) is 19.4 Å². The van der Waals surface area contributed by atoms with Crippen molar-refractivity contribution >= 4 is 17.3 Å². The summed E-state index contributed by atoms with van der Waals surface area (Å²) in [5.74, 6) is 0.419. The van der Waals surface area contributed by atoms with E-state index in [9.17, 15) is 10.1 Å². The first-order valence-corrected chi connectivity index (χ1v) is 6.48. The summed E-state index contributed by atoms with van der Waals surface area (Å²) < 4.78 is 5.14. The molecule has 1 aromatic rings. The summed E-state index contributed by atoms with van der Waals surface area (Å²) in [5.41, 5.74) is 0.770. The van der Waals surface area contributed by atoms with Crippen LogP contribution in [0.15, 0.2) is 18.2 Å². The van der Waals surface area contributed by atoms with Crippen LogP contribution in [0.25, 0.3) is 0 Å². The maximum Gasteiger partial charge on any atom is 0.288 e. The number of nitro benzene ring substituents is 1. The predicted molar refractivity (Wildman–Crippen MR) is 75.4 cm³/mol. The van der Waals surface area contributed by atoms with Gasteiger partial charge in [0.25, 0.3) is 5.69 Å². The molecule has 0 radical (unpaired) electrons. The van der Waals surface area contributed by atoms with E-state index in [0.29, 0.717) is 19.1 Å². The van der Waals surface area contributed by atoms with E-state index in [1.165, 1.54) is 6.07 Å². The lowest BCUT2D eigenvalue weighted by Gasteiger charge is -2.21. The second-order valence-corrected chi connectivity index (χ2v) is 5.14.